The fraction of sp³-hybridized carbons (Fsp3) is 0.545. The summed E-state index contributed by atoms with van der Waals surface area (Å²) in [5, 5.41) is 8.69. The highest BCUT2D eigenvalue weighted by atomic mass is 32.2. The van der Waals surface area contributed by atoms with Crippen LogP contribution in [-0.2, 0) is 16.8 Å². The summed E-state index contributed by atoms with van der Waals surface area (Å²) in [5.41, 5.74) is 0. The van der Waals surface area contributed by atoms with E-state index in [1.165, 1.54) is 16.4 Å². The van der Waals surface area contributed by atoms with Crippen LogP contribution in [0, 0.1) is 0 Å². The molecule has 2 N–H and O–H groups in total. The molecule has 0 aromatic carbocycles. The molecule has 19 heavy (non-hydrogen) atoms. The topological polar surface area (TPSA) is 99.8 Å². The summed E-state index contributed by atoms with van der Waals surface area (Å²) < 4.78 is 32.7. The number of carboxylic acid groups (broad SMARTS) is 1. The van der Waals surface area contributed by atoms with E-state index in [0.717, 1.165) is 19.3 Å². The smallest absolute Gasteiger partial charge is 0.371 e. The molecule has 1 aliphatic heterocycles. The van der Waals surface area contributed by atoms with Crippen LogP contribution in [0.1, 0.15) is 35.6 Å². The van der Waals surface area contributed by atoms with Gasteiger partial charge in [-0.2, -0.15) is 17.4 Å². The van der Waals surface area contributed by atoms with E-state index in [1.54, 1.807) is 0 Å². The van der Waals surface area contributed by atoms with Crippen molar-refractivity contribution in [3.05, 3.63) is 23.7 Å². The third kappa shape index (κ3) is 3.55. The summed E-state index contributed by atoms with van der Waals surface area (Å²) in [7, 11) is -3.52. The SMILES string of the molecule is O=C(O)c1ccc(CNS(=O)(=O)N2CCCCC2)o1. The second-order valence-electron chi connectivity index (χ2n) is 4.36. The monoisotopic (exact) mass is 288 g/mol. The van der Waals surface area contributed by atoms with Crippen LogP contribution in [0.5, 0.6) is 0 Å². The highest BCUT2D eigenvalue weighted by Gasteiger charge is 2.23. The highest BCUT2D eigenvalue weighted by molar-refractivity contribution is 7.87. The Hall–Kier alpha value is -1.38. The summed E-state index contributed by atoms with van der Waals surface area (Å²) in [6.45, 7) is 0.994. The van der Waals surface area contributed by atoms with Crippen LogP contribution in [0.2, 0.25) is 0 Å². The summed E-state index contributed by atoms with van der Waals surface area (Å²) in [4.78, 5) is 10.6. The first-order chi connectivity index (χ1) is 8.99. The number of furan rings is 1. The Labute approximate surface area is 111 Å². The van der Waals surface area contributed by atoms with E-state index in [1.807, 2.05) is 0 Å². The minimum atomic E-state index is -3.52. The molecule has 1 saturated heterocycles. The maximum Gasteiger partial charge on any atom is 0.371 e. The van der Waals surface area contributed by atoms with E-state index in [2.05, 4.69) is 4.72 Å². The van der Waals surface area contributed by atoms with Crippen LogP contribution in [-0.4, -0.2) is 36.9 Å². The summed E-state index contributed by atoms with van der Waals surface area (Å²) in [6, 6.07) is 2.75. The molecule has 0 bridgehead atoms. The van der Waals surface area contributed by atoms with E-state index in [4.69, 9.17) is 9.52 Å². The molecule has 0 unspecified atom stereocenters. The quantitative estimate of drug-likeness (QED) is 0.834. The van der Waals surface area contributed by atoms with Gasteiger partial charge >= 0.3 is 5.97 Å². The fourth-order valence-electron chi connectivity index (χ4n) is 1.95. The van der Waals surface area contributed by atoms with Crippen molar-refractivity contribution in [2.24, 2.45) is 0 Å². The van der Waals surface area contributed by atoms with E-state index >= 15 is 0 Å². The van der Waals surface area contributed by atoms with Gasteiger partial charge in [-0.05, 0) is 25.0 Å². The molecule has 2 heterocycles. The molecule has 0 radical (unpaired) electrons. The summed E-state index contributed by atoms with van der Waals surface area (Å²) >= 11 is 0. The van der Waals surface area contributed by atoms with Crippen molar-refractivity contribution in [3.8, 4) is 0 Å². The van der Waals surface area contributed by atoms with Crippen molar-refractivity contribution in [1.82, 2.24) is 9.03 Å². The van der Waals surface area contributed by atoms with E-state index in [9.17, 15) is 13.2 Å². The second-order valence-corrected chi connectivity index (χ2v) is 6.11. The minimum absolute atomic E-state index is 0.0495. The molecule has 1 aromatic rings. The molecule has 2 rings (SSSR count). The van der Waals surface area contributed by atoms with Crippen molar-refractivity contribution >= 4 is 16.2 Å². The lowest BCUT2D eigenvalue weighted by atomic mass is 10.2. The lowest BCUT2D eigenvalue weighted by molar-refractivity contribution is 0.0660. The van der Waals surface area contributed by atoms with Gasteiger partial charge in [-0.3, -0.25) is 0 Å². The number of piperidine rings is 1. The number of hydrogen-bond acceptors (Lipinski definition) is 4. The van der Waals surface area contributed by atoms with Gasteiger partial charge in [0.1, 0.15) is 5.76 Å². The predicted molar refractivity (Wildman–Crippen MR) is 66.9 cm³/mol. The molecule has 0 atom stereocenters. The zero-order valence-corrected chi connectivity index (χ0v) is 11.1. The number of aromatic carboxylic acids is 1. The van der Waals surface area contributed by atoms with Gasteiger partial charge in [0.25, 0.3) is 10.2 Å². The molecular weight excluding hydrogens is 272 g/mol. The van der Waals surface area contributed by atoms with Crippen molar-refractivity contribution < 1.29 is 22.7 Å². The number of rotatable bonds is 5. The lowest BCUT2D eigenvalue weighted by Crippen LogP contribution is -2.43. The molecule has 0 spiro atoms. The number of nitrogens with zero attached hydrogens (tertiary/aromatic N) is 1. The van der Waals surface area contributed by atoms with Crippen molar-refractivity contribution in [3.63, 3.8) is 0 Å². The zero-order valence-electron chi connectivity index (χ0n) is 10.3. The Bertz CT molecular complexity index is 545. The molecular formula is C11H16N2O5S. The Morgan fingerprint density at radius 3 is 2.58 bits per heavy atom. The molecule has 1 aromatic heterocycles. The number of hydrogen-bond donors (Lipinski definition) is 2. The van der Waals surface area contributed by atoms with Gasteiger partial charge in [-0.1, -0.05) is 6.42 Å². The number of nitrogens with one attached hydrogen (secondary N) is 1. The molecule has 0 saturated carbocycles. The van der Waals surface area contributed by atoms with Gasteiger partial charge in [-0.15, -0.1) is 0 Å². The van der Waals surface area contributed by atoms with Crippen LogP contribution in [0.25, 0.3) is 0 Å². The maximum absolute atomic E-state index is 12.0. The van der Waals surface area contributed by atoms with Gasteiger partial charge in [0, 0.05) is 13.1 Å². The Morgan fingerprint density at radius 1 is 1.32 bits per heavy atom. The van der Waals surface area contributed by atoms with Crippen molar-refractivity contribution in [2.45, 2.75) is 25.8 Å². The molecule has 0 amide bonds. The number of carboxylic acids is 1. The largest absolute Gasteiger partial charge is 0.475 e. The van der Waals surface area contributed by atoms with Crippen molar-refractivity contribution in [1.29, 1.82) is 0 Å². The fourth-order valence-corrected chi connectivity index (χ4v) is 3.19. The second kappa shape index (κ2) is 5.72. The summed E-state index contributed by atoms with van der Waals surface area (Å²) in [5.74, 6) is -1.10. The van der Waals surface area contributed by atoms with Gasteiger partial charge in [0.2, 0.25) is 5.76 Å². The molecule has 1 fully saturated rings. The van der Waals surface area contributed by atoms with Crippen LogP contribution in [0.3, 0.4) is 0 Å². The van der Waals surface area contributed by atoms with Gasteiger partial charge in [0.15, 0.2) is 0 Å². The lowest BCUT2D eigenvalue weighted by Gasteiger charge is -2.25. The van der Waals surface area contributed by atoms with Gasteiger partial charge in [-0.25, -0.2) is 4.79 Å². The predicted octanol–water partition coefficient (Wildman–Crippen LogP) is 0.798. The normalized spacial score (nSPS) is 17.5. The van der Waals surface area contributed by atoms with Gasteiger partial charge < -0.3 is 9.52 Å². The van der Waals surface area contributed by atoms with Crippen LogP contribution in [0.4, 0.5) is 0 Å². The molecule has 1 aliphatic rings. The van der Waals surface area contributed by atoms with E-state index in [-0.39, 0.29) is 18.1 Å². The maximum atomic E-state index is 12.0. The Kier molecular flexibility index (Phi) is 4.23. The van der Waals surface area contributed by atoms with Crippen molar-refractivity contribution in [2.75, 3.05) is 13.1 Å². The Balaban J connectivity index is 1.94. The minimum Gasteiger partial charge on any atom is -0.475 e. The third-order valence-corrected chi connectivity index (χ3v) is 4.51. The van der Waals surface area contributed by atoms with Crippen LogP contribution < -0.4 is 4.72 Å². The first-order valence-electron chi connectivity index (χ1n) is 6.06. The number of carbonyl (C=O) groups is 1. The van der Waals surface area contributed by atoms with Crippen LogP contribution in [0.15, 0.2) is 16.5 Å². The molecule has 106 valence electrons. The first-order valence-corrected chi connectivity index (χ1v) is 7.50. The molecule has 8 heteroatoms. The average molecular weight is 288 g/mol. The van der Waals surface area contributed by atoms with Gasteiger partial charge in [0.05, 0.1) is 6.54 Å². The van der Waals surface area contributed by atoms with E-state index < -0.39 is 16.2 Å². The standard InChI is InChI=1S/C11H16N2O5S/c14-11(15)10-5-4-9(18-10)8-12-19(16,17)13-6-2-1-3-7-13/h4-5,12H,1-3,6-8H2,(H,14,15). The van der Waals surface area contributed by atoms with E-state index in [0.29, 0.717) is 13.1 Å². The average Bonchev–Trinajstić information content (AvgIpc) is 2.87. The molecule has 7 nitrogen and oxygen atoms in total. The zero-order chi connectivity index (χ0) is 13.9. The first kappa shape index (κ1) is 14.0. The summed E-state index contributed by atoms with van der Waals surface area (Å²) in [6.07, 6.45) is 2.78. The third-order valence-electron chi connectivity index (χ3n) is 2.96. The highest BCUT2D eigenvalue weighted by Crippen LogP contribution is 2.13. The van der Waals surface area contributed by atoms with Crippen LogP contribution >= 0.6 is 0 Å². The molecule has 0 aliphatic carbocycles. The Morgan fingerprint density at radius 2 is 2.00 bits per heavy atom.